The van der Waals surface area contributed by atoms with Crippen LogP contribution in [0.5, 0.6) is 5.75 Å². The number of aromatic hydroxyl groups is 1. The third kappa shape index (κ3) is 4.33. The molecule has 0 fully saturated rings. The molecule has 0 aliphatic rings. The summed E-state index contributed by atoms with van der Waals surface area (Å²) in [7, 11) is 4.06. The number of nitrogens with zero attached hydrogens (tertiary/aromatic N) is 2. The minimum Gasteiger partial charge on any atom is -0.508 e. The maximum Gasteiger partial charge on any atom is 0.220 e. The van der Waals surface area contributed by atoms with Crippen LogP contribution in [0.15, 0.2) is 52.5 Å². The van der Waals surface area contributed by atoms with Gasteiger partial charge in [0.25, 0.3) is 0 Å². The van der Waals surface area contributed by atoms with Gasteiger partial charge < -0.3 is 14.4 Å². The average molecular weight is 284 g/mol. The van der Waals surface area contributed by atoms with Gasteiger partial charge in [0.15, 0.2) is 5.58 Å². The zero-order valence-electron chi connectivity index (χ0n) is 12.6. The molecule has 0 aliphatic carbocycles. The number of hydrogen-bond donors (Lipinski definition) is 1. The lowest BCUT2D eigenvalue weighted by molar-refractivity contribution is 0.456. The Morgan fingerprint density at radius 2 is 2.14 bits per heavy atom. The van der Waals surface area contributed by atoms with Crippen LogP contribution in [0.25, 0.3) is 17.2 Å². The molecule has 0 unspecified atom stereocenters. The van der Waals surface area contributed by atoms with Crippen LogP contribution >= 0.6 is 0 Å². The number of benzene rings is 1. The van der Waals surface area contributed by atoms with Crippen LogP contribution in [0.2, 0.25) is 0 Å². The van der Waals surface area contributed by atoms with E-state index in [4.69, 9.17) is 4.42 Å². The minimum atomic E-state index is 0.176. The summed E-state index contributed by atoms with van der Waals surface area (Å²) in [5.41, 5.74) is 2.40. The fourth-order valence-electron chi connectivity index (χ4n) is 1.82. The number of oxazole rings is 1. The van der Waals surface area contributed by atoms with E-state index >= 15 is 0 Å². The highest BCUT2D eigenvalue weighted by Gasteiger charge is 2.03. The van der Waals surface area contributed by atoms with Gasteiger partial charge in [-0.3, -0.25) is 0 Å². The number of fused-ring (bicyclic) bond motifs is 1. The average Bonchev–Trinajstić information content (AvgIpc) is 2.84. The summed E-state index contributed by atoms with van der Waals surface area (Å²) in [5, 5.41) is 9.41. The van der Waals surface area contributed by atoms with E-state index in [-0.39, 0.29) is 5.75 Å². The summed E-state index contributed by atoms with van der Waals surface area (Å²) in [5.74, 6) is 0.700. The monoisotopic (exact) mass is 284 g/mol. The molecule has 0 amide bonds. The van der Waals surface area contributed by atoms with E-state index in [1.807, 2.05) is 39.2 Å². The van der Waals surface area contributed by atoms with Gasteiger partial charge in [0, 0.05) is 18.7 Å². The van der Waals surface area contributed by atoms with Crippen molar-refractivity contribution in [2.45, 2.75) is 6.92 Å². The smallest absolute Gasteiger partial charge is 0.220 e. The molecule has 0 saturated carbocycles. The predicted molar refractivity (Wildman–Crippen MR) is 86.2 cm³/mol. The predicted octanol–water partition coefficient (Wildman–Crippen LogP) is 3.61. The van der Waals surface area contributed by atoms with Crippen molar-refractivity contribution in [3.63, 3.8) is 0 Å². The van der Waals surface area contributed by atoms with Gasteiger partial charge in [-0.2, -0.15) is 0 Å². The second kappa shape index (κ2) is 6.90. The zero-order valence-corrected chi connectivity index (χ0v) is 12.6. The number of rotatable bonds is 5. The van der Waals surface area contributed by atoms with Crippen molar-refractivity contribution in [2.75, 3.05) is 20.6 Å². The molecule has 0 radical (unpaired) electrons. The van der Waals surface area contributed by atoms with Gasteiger partial charge in [0.2, 0.25) is 5.89 Å². The summed E-state index contributed by atoms with van der Waals surface area (Å²) in [6.45, 7) is 2.89. The Morgan fingerprint density at radius 1 is 1.33 bits per heavy atom. The van der Waals surface area contributed by atoms with Crippen molar-refractivity contribution < 1.29 is 9.52 Å². The Bertz CT molecular complexity index is 694. The molecule has 1 aromatic carbocycles. The van der Waals surface area contributed by atoms with Gasteiger partial charge in [-0.25, -0.2) is 4.98 Å². The summed E-state index contributed by atoms with van der Waals surface area (Å²) in [4.78, 5) is 6.44. The Hall–Kier alpha value is -2.33. The largest absolute Gasteiger partial charge is 0.508 e. The second-order valence-corrected chi connectivity index (χ2v) is 4.99. The summed E-state index contributed by atoms with van der Waals surface area (Å²) in [6.07, 6.45) is 9.97. The molecule has 0 aliphatic heterocycles. The Morgan fingerprint density at radius 3 is 2.86 bits per heavy atom. The molecular formula is C17H20N2O2. The maximum atomic E-state index is 9.41. The number of likely N-dealkylation sites (N-methyl/N-ethyl adjacent to an activating group) is 1. The Balaban J connectivity index is 2.12. The van der Waals surface area contributed by atoms with Crippen molar-refractivity contribution in [2.24, 2.45) is 0 Å². The maximum absolute atomic E-state index is 9.41. The standard InChI is InChI=1S/C17H20N2O2/c1-4-13(6-5-11-19(2)3)7-10-17-18-15-9-8-14(20)12-16(15)21-17/h4-10,12,20H,11H2,1-3H3/b6-5-,10-7+,13-4+. The van der Waals surface area contributed by atoms with E-state index in [1.54, 1.807) is 18.2 Å². The van der Waals surface area contributed by atoms with Crippen molar-refractivity contribution in [1.82, 2.24) is 9.88 Å². The molecule has 0 bridgehead atoms. The lowest BCUT2D eigenvalue weighted by atomic mass is 10.2. The van der Waals surface area contributed by atoms with Gasteiger partial charge in [0.05, 0.1) is 0 Å². The molecule has 1 aromatic heterocycles. The molecular weight excluding hydrogens is 264 g/mol. The van der Waals surface area contributed by atoms with Crippen molar-refractivity contribution in [3.8, 4) is 5.75 Å². The number of phenolic OH excluding ortho intramolecular Hbond substituents is 1. The molecule has 4 heteroatoms. The first-order valence-electron chi connectivity index (χ1n) is 6.83. The summed E-state index contributed by atoms with van der Waals surface area (Å²) < 4.78 is 5.57. The lowest BCUT2D eigenvalue weighted by Gasteiger charge is -2.03. The van der Waals surface area contributed by atoms with E-state index < -0.39 is 0 Å². The van der Waals surface area contributed by atoms with Crippen molar-refractivity contribution in [3.05, 3.63) is 54.0 Å². The van der Waals surface area contributed by atoms with Crippen LogP contribution < -0.4 is 0 Å². The van der Waals surface area contributed by atoms with Gasteiger partial charge in [0.1, 0.15) is 11.3 Å². The Labute approximate surface area is 124 Å². The first kappa shape index (κ1) is 15.1. The molecule has 4 nitrogen and oxygen atoms in total. The first-order valence-corrected chi connectivity index (χ1v) is 6.83. The number of phenols is 1. The van der Waals surface area contributed by atoms with Gasteiger partial charge >= 0.3 is 0 Å². The van der Waals surface area contributed by atoms with Crippen LogP contribution in [-0.2, 0) is 0 Å². The normalized spacial score (nSPS) is 13.2. The minimum absolute atomic E-state index is 0.176. The lowest BCUT2D eigenvalue weighted by Crippen LogP contribution is -2.10. The summed E-state index contributed by atoms with van der Waals surface area (Å²) >= 11 is 0. The highest BCUT2D eigenvalue weighted by Crippen LogP contribution is 2.21. The van der Waals surface area contributed by atoms with Crippen LogP contribution in [0.1, 0.15) is 12.8 Å². The van der Waals surface area contributed by atoms with Crippen LogP contribution in [-0.4, -0.2) is 35.6 Å². The third-order valence-corrected chi connectivity index (χ3v) is 2.92. The van der Waals surface area contributed by atoms with Gasteiger partial charge in [-0.05, 0) is 44.8 Å². The van der Waals surface area contributed by atoms with E-state index in [2.05, 4.69) is 22.0 Å². The van der Waals surface area contributed by atoms with Gasteiger partial charge in [-0.1, -0.05) is 18.2 Å². The number of hydrogen-bond acceptors (Lipinski definition) is 4. The fraction of sp³-hybridized carbons (Fsp3) is 0.235. The molecule has 0 atom stereocenters. The SMILES string of the molecule is C/C=C(\C=C/CN(C)C)/C=C/c1nc2ccc(O)cc2o1. The highest BCUT2D eigenvalue weighted by atomic mass is 16.3. The third-order valence-electron chi connectivity index (χ3n) is 2.92. The molecule has 0 spiro atoms. The fourth-order valence-corrected chi connectivity index (χ4v) is 1.82. The zero-order chi connectivity index (χ0) is 15.2. The van der Waals surface area contributed by atoms with Gasteiger partial charge in [-0.15, -0.1) is 0 Å². The highest BCUT2D eigenvalue weighted by molar-refractivity contribution is 5.75. The van der Waals surface area contributed by atoms with E-state index in [9.17, 15) is 5.11 Å². The summed E-state index contributed by atoms with van der Waals surface area (Å²) in [6, 6.07) is 4.89. The number of allylic oxidation sites excluding steroid dienone is 4. The van der Waals surface area contributed by atoms with E-state index in [0.717, 1.165) is 17.6 Å². The molecule has 2 rings (SSSR count). The molecule has 0 saturated heterocycles. The molecule has 110 valence electrons. The van der Waals surface area contributed by atoms with Crippen molar-refractivity contribution >= 4 is 17.2 Å². The van der Waals surface area contributed by atoms with Crippen molar-refractivity contribution in [1.29, 1.82) is 0 Å². The molecule has 21 heavy (non-hydrogen) atoms. The van der Waals surface area contributed by atoms with E-state index in [1.165, 1.54) is 0 Å². The second-order valence-electron chi connectivity index (χ2n) is 4.99. The molecule has 2 aromatic rings. The topological polar surface area (TPSA) is 49.5 Å². The molecule has 1 N–H and O–H groups in total. The number of aromatic nitrogens is 1. The van der Waals surface area contributed by atoms with Crippen LogP contribution in [0.3, 0.4) is 0 Å². The van der Waals surface area contributed by atoms with E-state index in [0.29, 0.717) is 11.5 Å². The first-order chi connectivity index (χ1) is 10.1. The van der Waals surface area contributed by atoms with Crippen LogP contribution in [0.4, 0.5) is 0 Å². The Kier molecular flexibility index (Phi) is 4.95. The molecule has 1 heterocycles. The quantitative estimate of drug-likeness (QED) is 0.852. The van der Waals surface area contributed by atoms with Crippen LogP contribution in [0, 0.1) is 0 Å².